The number of hydrogen-bond acceptors (Lipinski definition) is 6. The molecule has 0 atom stereocenters. The lowest BCUT2D eigenvalue weighted by Gasteiger charge is -2.31. The molecular weight excluding hydrogens is 359 g/mol. The van der Waals surface area contributed by atoms with Crippen molar-refractivity contribution in [2.75, 3.05) is 25.5 Å². The maximum Gasteiger partial charge on any atom is 0.253 e. The summed E-state index contributed by atoms with van der Waals surface area (Å²) in [5, 5.41) is 11.8. The van der Waals surface area contributed by atoms with Gasteiger partial charge in [0, 0.05) is 31.7 Å². The van der Waals surface area contributed by atoms with Crippen LogP contribution in [0.25, 0.3) is 0 Å². The Hall–Kier alpha value is -2.39. The molecule has 3 rings (SSSR count). The van der Waals surface area contributed by atoms with Crippen molar-refractivity contribution in [1.29, 1.82) is 0 Å². The van der Waals surface area contributed by atoms with Crippen molar-refractivity contribution >= 4 is 28.3 Å². The van der Waals surface area contributed by atoms with Crippen LogP contribution in [0.5, 0.6) is 0 Å². The number of benzene rings is 1. The van der Waals surface area contributed by atoms with Gasteiger partial charge in [-0.15, -0.1) is 10.2 Å². The van der Waals surface area contributed by atoms with Crippen molar-refractivity contribution in [3.63, 3.8) is 0 Å². The Bertz CT molecular complexity index is 773. The number of aromatic nitrogens is 2. The van der Waals surface area contributed by atoms with Crippen LogP contribution in [0.2, 0.25) is 0 Å². The predicted octanol–water partition coefficient (Wildman–Crippen LogP) is 2.31. The Kier molecular flexibility index (Phi) is 5.89. The lowest BCUT2D eigenvalue weighted by molar-refractivity contribution is -0.121. The lowest BCUT2D eigenvalue weighted by Crippen LogP contribution is -2.41. The van der Waals surface area contributed by atoms with Crippen LogP contribution in [0.15, 0.2) is 24.3 Å². The van der Waals surface area contributed by atoms with E-state index in [9.17, 15) is 14.0 Å². The number of anilines is 1. The molecule has 0 bridgehead atoms. The second kappa shape index (κ2) is 8.33. The zero-order valence-corrected chi connectivity index (χ0v) is 15.1. The number of nitrogens with one attached hydrogen (secondary N) is 1. The molecular formula is C17H19FN4O3S. The van der Waals surface area contributed by atoms with Crippen molar-refractivity contribution in [1.82, 2.24) is 15.1 Å². The van der Waals surface area contributed by atoms with E-state index in [1.807, 2.05) is 0 Å². The van der Waals surface area contributed by atoms with Gasteiger partial charge in [-0.25, -0.2) is 4.39 Å². The number of carbonyl (C=O) groups is 2. The van der Waals surface area contributed by atoms with Gasteiger partial charge in [0.05, 0.1) is 0 Å². The molecule has 1 aromatic heterocycles. The van der Waals surface area contributed by atoms with Gasteiger partial charge in [-0.05, 0) is 37.1 Å². The number of amides is 2. The highest BCUT2D eigenvalue weighted by Crippen LogP contribution is 2.22. The van der Waals surface area contributed by atoms with Crippen molar-refractivity contribution < 1.29 is 18.7 Å². The number of hydrogen-bond donors (Lipinski definition) is 1. The highest BCUT2D eigenvalue weighted by molar-refractivity contribution is 7.15. The van der Waals surface area contributed by atoms with E-state index in [1.54, 1.807) is 12.0 Å². The van der Waals surface area contributed by atoms with Crippen LogP contribution in [0.3, 0.4) is 0 Å². The van der Waals surface area contributed by atoms with E-state index in [2.05, 4.69) is 15.5 Å². The Morgan fingerprint density at radius 1 is 1.27 bits per heavy atom. The summed E-state index contributed by atoms with van der Waals surface area (Å²) >= 11 is 1.28. The minimum Gasteiger partial charge on any atom is -0.377 e. The molecule has 7 nitrogen and oxygen atoms in total. The molecule has 2 heterocycles. The molecule has 1 aliphatic heterocycles. The van der Waals surface area contributed by atoms with Crippen LogP contribution in [-0.4, -0.2) is 47.1 Å². The van der Waals surface area contributed by atoms with Crippen molar-refractivity contribution in [2.24, 2.45) is 5.92 Å². The van der Waals surface area contributed by atoms with Crippen molar-refractivity contribution in [3.8, 4) is 0 Å². The number of likely N-dealkylation sites (tertiary alicyclic amines) is 1. The van der Waals surface area contributed by atoms with Crippen LogP contribution >= 0.6 is 11.3 Å². The number of ether oxygens (including phenoxy) is 1. The molecule has 0 radical (unpaired) electrons. The third-order valence-electron chi connectivity index (χ3n) is 4.21. The predicted molar refractivity (Wildman–Crippen MR) is 94.3 cm³/mol. The molecule has 26 heavy (non-hydrogen) atoms. The first-order chi connectivity index (χ1) is 12.6. The molecule has 1 aliphatic rings. The molecule has 1 aromatic carbocycles. The fourth-order valence-electron chi connectivity index (χ4n) is 2.81. The second-order valence-electron chi connectivity index (χ2n) is 6.00. The van der Waals surface area contributed by atoms with Crippen LogP contribution in [0, 0.1) is 11.7 Å². The molecule has 0 aliphatic carbocycles. The van der Waals surface area contributed by atoms with Crippen molar-refractivity contribution in [3.05, 3.63) is 40.7 Å². The lowest BCUT2D eigenvalue weighted by atomic mass is 9.95. The topological polar surface area (TPSA) is 84.4 Å². The first-order valence-corrected chi connectivity index (χ1v) is 9.05. The van der Waals surface area contributed by atoms with Crippen molar-refractivity contribution in [2.45, 2.75) is 19.4 Å². The van der Waals surface area contributed by atoms with Gasteiger partial charge in [-0.2, -0.15) is 0 Å². The summed E-state index contributed by atoms with van der Waals surface area (Å²) in [5.74, 6) is -0.805. The summed E-state index contributed by atoms with van der Waals surface area (Å²) in [5.41, 5.74) is 0.453. The van der Waals surface area contributed by atoms with Gasteiger partial charge in [-0.1, -0.05) is 11.3 Å². The van der Waals surface area contributed by atoms with E-state index in [0.29, 0.717) is 48.2 Å². The summed E-state index contributed by atoms with van der Waals surface area (Å²) in [7, 11) is 1.57. The van der Waals surface area contributed by atoms with Crippen LogP contribution in [0.4, 0.5) is 9.52 Å². The molecule has 0 spiro atoms. The summed E-state index contributed by atoms with van der Waals surface area (Å²) in [6.45, 7) is 1.33. The first kappa shape index (κ1) is 18.4. The van der Waals surface area contributed by atoms with E-state index in [4.69, 9.17) is 4.74 Å². The van der Waals surface area contributed by atoms with Gasteiger partial charge in [0.1, 0.15) is 17.4 Å². The third kappa shape index (κ3) is 4.41. The van der Waals surface area contributed by atoms with Gasteiger partial charge in [0.2, 0.25) is 11.0 Å². The third-order valence-corrected chi connectivity index (χ3v) is 5.02. The number of nitrogens with zero attached hydrogens (tertiary/aromatic N) is 3. The number of piperidine rings is 1. The Balaban J connectivity index is 1.51. The van der Waals surface area contributed by atoms with Gasteiger partial charge < -0.3 is 15.0 Å². The van der Waals surface area contributed by atoms with E-state index >= 15 is 0 Å². The van der Waals surface area contributed by atoms with E-state index in [-0.39, 0.29) is 23.5 Å². The molecule has 2 amide bonds. The zero-order chi connectivity index (χ0) is 18.5. The smallest absolute Gasteiger partial charge is 0.253 e. The van der Waals surface area contributed by atoms with E-state index in [1.165, 1.54) is 35.6 Å². The molecule has 2 aromatic rings. The fraction of sp³-hybridized carbons (Fsp3) is 0.412. The highest BCUT2D eigenvalue weighted by Gasteiger charge is 2.28. The monoisotopic (exact) mass is 378 g/mol. The highest BCUT2D eigenvalue weighted by atomic mass is 32.1. The van der Waals surface area contributed by atoms with E-state index in [0.717, 1.165) is 0 Å². The number of rotatable bonds is 5. The molecule has 1 N–H and O–H groups in total. The molecule has 0 saturated carbocycles. The fourth-order valence-corrected chi connectivity index (χ4v) is 3.53. The Labute approximate surface area is 154 Å². The van der Waals surface area contributed by atoms with Crippen LogP contribution in [-0.2, 0) is 16.1 Å². The molecule has 1 saturated heterocycles. The van der Waals surface area contributed by atoms with Crippen LogP contribution in [0.1, 0.15) is 28.2 Å². The Morgan fingerprint density at radius 3 is 2.62 bits per heavy atom. The van der Waals surface area contributed by atoms with Gasteiger partial charge in [0.25, 0.3) is 5.91 Å². The van der Waals surface area contributed by atoms with Gasteiger partial charge in [-0.3, -0.25) is 9.59 Å². The quantitative estimate of drug-likeness (QED) is 0.863. The number of halogens is 1. The van der Waals surface area contributed by atoms with Gasteiger partial charge >= 0.3 is 0 Å². The van der Waals surface area contributed by atoms with Gasteiger partial charge in [0.15, 0.2) is 0 Å². The summed E-state index contributed by atoms with van der Waals surface area (Å²) < 4.78 is 17.9. The Morgan fingerprint density at radius 2 is 1.96 bits per heavy atom. The first-order valence-electron chi connectivity index (χ1n) is 8.24. The molecule has 9 heteroatoms. The largest absolute Gasteiger partial charge is 0.377 e. The van der Waals surface area contributed by atoms with Crippen LogP contribution < -0.4 is 5.32 Å². The summed E-state index contributed by atoms with van der Waals surface area (Å²) in [6, 6.07) is 5.49. The maximum absolute atomic E-state index is 13.0. The normalized spacial score (nSPS) is 15.1. The molecule has 1 fully saturated rings. The number of carbonyl (C=O) groups excluding carboxylic acids is 2. The second-order valence-corrected chi connectivity index (χ2v) is 7.06. The maximum atomic E-state index is 13.0. The standard InChI is InChI=1S/C17H19FN4O3S/c1-25-10-14-20-21-17(26-14)19-15(23)11-6-8-22(9-7-11)16(24)12-2-4-13(18)5-3-12/h2-5,11H,6-10H2,1H3,(H,19,21,23). The molecule has 138 valence electrons. The average molecular weight is 378 g/mol. The summed E-state index contributed by atoms with van der Waals surface area (Å²) in [4.78, 5) is 26.5. The minimum absolute atomic E-state index is 0.112. The minimum atomic E-state index is -0.373. The number of methoxy groups -OCH3 is 1. The molecule has 0 unspecified atom stereocenters. The SMILES string of the molecule is COCc1nnc(NC(=O)C2CCN(C(=O)c3ccc(F)cc3)CC2)s1. The zero-order valence-electron chi connectivity index (χ0n) is 14.3. The average Bonchev–Trinajstić information content (AvgIpc) is 3.09. The van der Waals surface area contributed by atoms with E-state index < -0.39 is 0 Å². The summed E-state index contributed by atoms with van der Waals surface area (Å²) in [6.07, 6.45) is 1.14.